The van der Waals surface area contributed by atoms with Crippen LogP contribution in [0.15, 0.2) is 26.8 Å². The fraction of sp³-hybridized carbons (Fsp3) is 0.0909. The minimum atomic E-state index is -0.592. The maximum atomic E-state index is 13.2. The number of H-pyrrole nitrogens is 1. The summed E-state index contributed by atoms with van der Waals surface area (Å²) in [5.41, 5.74) is 6.16. The Morgan fingerprint density at radius 3 is 2.89 bits per heavy atom. The molecule has 100 valence electrons. The lowest BCUT2D eigenvalue weighted by Crippen LogP contribution is -2.24. The minimum Gasteiger partial charge on any atom is -0.396 e. The molecule has 0 aliphatic heterocycles. The second-order valence-corrected chi connectivity index (χ2v) is 5.41. The first kappa shape index (κ1) is 13.8. The number of nitrogens with two attached hydrogens (primary N) is 1. The summed E-state index contributed by atoms with van der Waals surface area (Å²) >= 11 is 4.12. The van der Waals surface area contributed by atoms with Crippen LogP contribution in [-0.4, -0.2) is 10.9 Å². The number of nitrogen functional groups attached to an aromatic ring is 1. The highest BCUT2D eigenvalue weighted by Crippen LogP contribution is 2.22. The molecular weight excluding hydrogens is 337 g/mol. The van der Waals surface area contributed by atoms with Crippen LogP contribution in [0.4, 0.5) is 10.1 Å². The molecule has 0 unspecified atom stereocenters. The van der Waals surface area contributed by atoms with E-state index in [4.69, 9.17) is 5.73 Å². The zero-order valence-electron chi connectivity index (χ0n) is 9.50. The molecule has 0 bridgehead atoms. The second kappa shape index (κ2) is 5.54. The molecule has 2 rings (SSSR count). The van der Waals surface area contributed by atoms with Gasteiger partial charge in [0.25, 0.3) is 5.91 Å². The zero-order valence-corrected chi connectivity index (χ0v) is 11.9. The highest BCUT2D eigenvalue weighted by atomic mass is 79.9. The SMILES string of the molecule is Nc1cc(C(=O)NCc2csc(=O)[nH]2)c(Br)cc1F. The Kier molecular flexibility index (Phi) is 4.01. The third-order valence-corrected chi connectivity index (χ3v) is 3.72. The van der Waals surface area contributed by atoms with E-state index in [0.29, 0.717) is 10.2 Å². The van der Waals surface area contributed by atoms with Crippen LogP contribution in [0.25, 0.3) is 0 Å². The average Bonchev–Trinajstić information content (AvgIpc) is 2.77. The Morgan fingerprint density at radius 1 is 1.53 bits per heavy atom. The van der Waals surface area contributed by atoms with Gasteiger partial charge >= 0.3 is 4.87 Å². The van der Waals surface area contributed by atoms with Crippen molar-refractivity contribution in [3.05, 3.63) is 48.7 Å². The number of rotatable bonds is 3. The maximum absolute atomic E-state index is 13.2. The van der Waals surface area contributed by atoms with E-state index in [1.807, 2.05) is 0 Å². The van der Waals surface area contributed by atoms with E-state index in [2.05, 4.69) is 26.2 Å². The number of anilines is 1. The maximum Gasteiger partial charge on any atom is 0.304 e. The number of benzene rings is 1. The Balaban J connectivity index is 2.12. The molecule has 0 saturated carbocycles. The fourth-order valence-corrected chi connectivity index (χ4v) is 2.49. The second-order valence-electron chi connectivity index (χ2n) is 3.71. The molecule has 2 aromatic rings. The minimum absolute atomic E-state index is 0.0997. The van der Waals surface area contributed by atoms with Crippen molar-refractivity contribution in [2.24, 2.45) is 0 Å². The largest absolute Gasteiger partial charge is 0.396 e. The molecule has 1 aromatic heterocycles. The van der Waals surface area contributed by atoms with Crippen LogP contribution in [-0.2, 0) is 6.54 Å². The monoisotopic (exact) mass is 345 g/mol. The van der Waals surface area contributed by atoms with Crippen LogP contribution >= 0.6 is 27.3 Å². The highest BCUT2D eigenvalue weighted by Gasteiger charge is 2.13. The van der Waals surface area contributed by atoms with Crippen molar-refractivity contribution in [2.45, 2.75) is 6.54 Å². The first-order valence-corrected chi connectivity index (χ1v) is 6.84. The van der Waals surface area contributed by atoms with Crippen molar-refractivity contribution >= 4 is 38.9 Å². The van der Waals surface area contributed by atoms with Crippen molar-refractivity contribution in [3.8, 4) is 0 Å². The average molecular weight is 346 g/mol. The number of halogens is 2. The van der Waals surface area contributed by atoms with E-state index < -0.39 is 11.7 Å². The molecule has 19 heavy (non-hydrogen) atoms. The molecule has 0 aliphatic carbocycles. The molecule has 0 saturated heterocycles. The molecule has 1 heterocycles. The van der Waals surface area contributed by atoms with E-state index in [1.165, 1.54) is 6.07 Å². The summed E-state index contributed by atoms with van der Waals surface area (Å²) in [6.07, 6.45) is 0. The van der Waals surface area contributed by atoms with Gasteiger partial charge in [0.1, 0.15) is 5.82 Å². The molecule has 0 aliphatic rings. The van der Waals surface area contributed by atoms with Gasteiger partial charge in [-0.2, -0.15) is 0 Å². The summed E-state index contributed by atoms with van der Waals surface area (Å²) in [6.45, 7) is 0.182. The molecule has 1 aromatic carbocycles. The van der Waals surface area contributed by atoms with Gasteiger partial charge in [-0.3, -0.25) is 9.59 Å². The van der Waals surface area contributed by atoms with E-state index >= 15 is 0 Å². The van der Waals surface area contributed by atoms with Crippen LogP contribution < -0.4 is 15.9 Å². The number of aromatic nitrogens is 1. The van der Waals surface area contributed by atoms with Crippen molar-refractivity contribution in [2.75, 3.05) is 5.73 Å². The highest BCUT2D eigenvalue weighted by molar-refractivity contribution is 9.10. The lowest BCUT2D eigenvalue weighted by molar-refractivity contribution is 0.0949. The quantitative estimate of drug-likeness (QED) is 0.741. The van der Waals surface area contributed by atoms with Gasteiger partial charge < -0.3 is 16.0 Å². The summed E-state index contributed by atoms with van der Waals surface area (Å²) in [4.78, 5) is 25.2. The summed E-state index contributed by atoms with van der Waals surface area (Å²) in [5, 5.41) is 4.23. The number of nitrogens with one attached hydrogen (secondary N) is 2. The Labute approximate surface area is 119 Å². The van der Waals surface area contributed by atoms with Gasteiger partial charge in [0.05, 0.1) is 17.8 Å². The number of carbonyl (C=O) groups excluding carboxylic acids is 1. The van der Waals surface area contributed by atoms with Crippen LogP contribution in [0.2, 0.25) is 0 Å². The standard InChI is InChI=1S/C11H9BrFN3O2S/c12-7-2-8(13)9(14)1-6(7)10(17)15-3-5-4-19-11(18)16-5/h1-2,4H,3,14H2,(H,15,17)(H,16,18). The molecule has 4 N–H and O–H groups in total. The van der Waals surface area contributed by atoms with Gasteiger partial charge in [-0.25, -0.2) is 4.39 Å². The first-order valence-electron chi connectivity index (χ1n) is 5.17. The number of carbonyl (C=O) groups is 1. The molecule has 0 atom stereocenters. The van der Waals surface area contributed by atoms with E-state index in [9.17, 15) is 14.0 Å². The number of hydrogen-bond acceptors (Lipinski definition) is 4. The van der Waals surface area contributed by atoms with E-state index in [-0.39, 0.29) is 22.7 Å². The van der Waals surface area contributed by atoms with Crippen LogP contribution in [0.1, 0.15) is 16.1 Å². The van der Waals surface area contributed by atoms with Crippen LogP contribution in [0.3, 0.4) is 0 Å². The predicted molar refractivity (Wildman–Crippen MR) is 74.6 cm³/mol. The topological polar surface area (TPSA) is 88.0 Å². The smallest absolute Gasteiger partial charge is 0.304 e. The van der Waals surface area contributed by atoms with Gasteiger partial charge in [-0.05, 0) is 28.1 Å². The zero-order chi connectivity index (χ0) is 14.0. The van der Waals surface area contributed by atoms with Gasteiger partial charge in [0.2, 0.25) is 0 Å². The van der Waals surface area contributed by atoms with Gasteiger partial charge in [-0.1, -0.05) is 11.3 Å². The molecule has 8 heteroatoms. The van der Waals surface area contributed by atoms with Crippen molar-refractivity contribution in [1.29, 1.82) is 0 Å². The van der Waals surface area contributed by atoms with Crippen LogP contribution in [0.5, 0.6) is 0 Å². The van der Waals surface area contributed by atoms with Crippen molar-refractivity contribution in [3.63, 3.8) is 0 Å². The van der Waals surface area contributed by atoms with Gasteiger partial charge in [0.15, 0.2) is 0 Å². The lowest BCUT2D eigenvalue weighted by Gasteiger charge is -2.07. The molecule has 1 amide bonds. The molecule has 0 spiro atoms. The van der Waals surface area contributed by atoms with E-state index in [1.54, 1.807) is 5.38 Å². The van der Waals surface area contributed by atoms with Gasteiger partial charge in [-0.15, -0.1) is 0 Å². The third-order valence-electron chi connectivity index (χ3n) is 2.34. The Bertz CT molecular complexity index is 683. The van der Waals surface area contributed by atoms with E-state index in [0.717, 1.165) is 17.4 Å². The first-order chi connectivity index (χ1) is 8.97. The summed E-state index contributed by atoms with van der Waals surface area (Å²) in [6, 6.07) is 2.39. The lowest BCUT2D eigenvalue weighted by atomic mass is 10.2. The predicted octanol–water partition coefficient (Wildman–Crippen LogP) is 1.85. The summed E-state index contributed by atoms with van der Waals surface area (Å²) in [5.74, 6) is -1.00. The molecule has 5 nitrogen and oxygen atoms in total. The third kappa shape index (κ3) is 3.21. The number of amides is 1. The summed E-state index contributed by atoms with van der Waals surface area (Å²) < 4.78 is 13.5. The summed E-state index contributed by atoms with van der Waals surface area (Å²) in [7, 11) is 0. The normalized spacial score (nSPS) is 10.4. The van der Waals surface area contributed by atoms with Gasteiger partial charge in [0, 0.05) is 15.5 Å². The number of thiazole rings is 1. The fourth-order valence-electron chi connectivity index (χ4n) is 1.41. The van der Waals surface area contributed by atoms with Crippen LogP contribution in [0, 0.1) is 5.82 Å². The Morgan fingerprint density at radius 2 is 2.26 bits per heavy atom. The Hall–Kier alpha value is -1.67. The number of aromatic amines is 1. The molecule has 0 fully saturated rings. The molecular formula is C11H9BrFN3O2S. The number of hydrogen-bond donors (Lipinski definition) is 3. The van der Waals surface area contributed by atoms with Crippen molar-refractivity contribution in [1.82, 2.24) is 10.3 Å². The molecule has 0 radical (unpaired) electrons. The van der Waals surface area contributed by atoms with Crippen molar-refractivity contribution < 1.29 is 9.18 Å².